The number of hydrogen-bond donors (Lipinski definition) is 5. The number of nitrogens with one attached hydrogen (secondary N) is 5. The Balaban J connectivity index is 2.13. The predicted molar refractivity (Wildman–Crippen MR) is 183 cm³/mol. The minimum atomic E-state index is -0.868. The molecule has 0 radical (unpaired) electrons. The monoisotopic (exact) mass is 668 g/mol. The summed E-state index contributed by atoms with van der Waals surface area (Å²) in [6.07, 6.45) is 3.93. The van der Waals surface area contributed by atoms with E-state index in [4.69, 9.17) is 0 Å². The van der Waals surface area contributed by atoms with Gasteiger partial charge in [-0.15, -0.1) is 0 Å². The third-order valence-electron chi connectivity index (χ3n) is 6.98. The van der Waals surface area contributed by atoms with Crippen LogP contribution in [0.3, 0.4) is 0 Å². The van der Waals surface area contributed by atoms with E-state index >= 15 is 0 Å². The third-order valence-corrected chi connectivity index (χ3v) is 6.98. The number of carbonyl (C=O) groups excluding carboxylic acids is 7. The molecule has 5 N–H and O–H groups in total. The van der Waals surface area contributed by atoms with Crippen molar-refractivity contribution in [1.82, 2.24) is 26.6 Å². The van der Waals surface area contributed by atoms with Crippen LogP contribution in [0, 0.1) is 5.41 Å². The second-order valence-electron chi connectivity index (χ2n) is 15.0. The van der Waals surface area contributed by atoms with Gasteiger partial charge in [0.2, 0.25) is 23.6 Å². The van der Waals surface area contributed by atoms with Crippen LogP contribution in [-0.2, 0) is 35.2 Å². The van der Waals surface area contributed by atoms with Crippen LogP contribution in [-0.4, -0.2) is 71.6 Å². The Morgan fingerprint density at radius 2 is 1.38 bits per heavy atom. The van der Waals surface area contributed by atoms with Crippen LogP contribution in [0.15, 0.2) is 30.4 Å². The second kappa shape index (κ2) is 16.5. The van der Waals surface area contributed by atoms with Gasteiger partial charge in [-0.05, 0) is 91.0 Å². The lowest BCUT2D eigenvalue weighted by Crippen LogP contribution is -2.53. The molecule has 2 rings (SSSR count). The molecule has 7 amide bonds. The summed E-state index contributed by atoms with van der Waals surface area (Å²) in [5.41, 5.74) is -0.690. The van der Waals surface area contributed by atoms with E-state index in [1.165, 1.54) is 18.2 Å². The molecule has 1 aromatic rings. The van der Waals surface area contributed by atoms with Gasteiger partial charge in [-0.25, -0.2) is 4.90 Å². The lowest BCUT2D eigenvalue weighted by atomic mass is 9.95. The molecule has 0 spiro atoms. The molecule has 1 atom stereocenters. The number of hydrogen-bond acceptors (Lipinski definition) is 7. The lowest BCUT2D eigenvalue weighted by molar-refractivity contribution is -0.129. The number of aryl methyl sites for hydroxylation is 1. The zero-order chi connectivity index (χ0) is 36.4. The highest BCUT2D eigenvalue weighted by atomic mass is 16.2. The van der Waals surface area contributed by atoms with Crippen molar-refractivity contribution in [2.45, 2.75) is 112 Å². The molecule has 13 heteroatoms. The van der Waals surface area contributed by atoms with Crippen molar-refractivity contribution in [2.75, 3.05) is 18.0 Å². The van der Waals surface area contributed by atoms with E-state index in [1.807, 2.05) is 62.3 Å². The summed E-state index contributed by atoms with van der Waals surface area (Å²) in [5.74, 6) is -2.92. The van der Waals surface area contributed by atoms with Crippen LogP contribution in [0.25, 0.3) is 0 Å². The molecule has 1 aliphatic heterocycles. The van der Waals surface area contributed by atoms with Crippen LogP contribution in [0.4, 0.5) is 5.69 Å². The van der Waals surface area contributed by atoms with Gasteiger partial charge in [-0.2, -0.15) is 0 Å². The quantitative estimate of drug-likeness (QED) is 0.149. The number of imide groups is 1. The van der Waals surface area contributed by atoms with Crippen molar-refractivity contribution in [3.63, 3.8) is 0 Å². The summed E-state index contributed by atoms with van der Waals surface area (Å²) in [6, 6.07) is 3.54. The predicted octanol–water partition coefficient (Wildman–Crippen LogP) is 2.43. The molecule has 0 aliphatic carbocycles. The van der Waals surface area contributed by atoms with Gasteiger partial charge in [-0.3, -0.25) is 33.6 Å². The first-order chi connectivity index (χ1) is 22.1. The molecule has 0 aromatic heterocycles. The molecular weight excluding hydrogens is 616 g/mol. The largest absolute Gasteiger partial charge is 0.356 e. The Hall–Kier alpha value is -4.55. The summed E-state index contributed by atoms with van der Waals surface area (Å²) in [7, 11) is 0. The number of nitrogens with zero attached hydrogens (tertiary/aromatic N) is 1. The average Bonchev–Trinajstić information content (AvgIpc) is 3.28. The summed E-state index contributed by atoms with van der Waals surface area (Å²) in [4.78, 5) is 89.5. The van der Waals surface area contributed by atoms with Crippen LogP contribution < -0.4 is 31.5 Å². The standard InChI is InChI=1S/C35H52N6O7/c1-33(2,3)32(48)36-19-11-10-12-25(31(47)40-35(7,8)9)38-27(43)21-37-30(46)24-15-14-23(41-28(44)17-18-29(41)45)20-22(24)13-16-26(42)39-34(4,5)6/h14-15,17-18,20,25H,10-13,16,19,21H2,1-9H3,(H,36,48)(H,37,46)(H,38,43)(H,39,42)(H,40,47). The Morgan fingerprint density at radius 3 is 1.94 bits per heavy atom. The fourth-order valence-corrected chi connectivity index (χ4v) is 4.70. The van der Waals surface area contributed by atoms with E-state index in [0.717, 1.165) is 17.1 Å². The Labute approximate surface area is 283 Å². The zero-order valence-electron chi connectivity index (χ0n) is 29.7. The maximum absolute atomic E-state index is 13.3. The van der Waals surface area contributed by atoms with Crippen molar-refractivity contribution in [3.05, 3.63) is 41.5 Å². The summed E-state index contributed by atoms with van der Waals surface area (Å²) in [6.45, 7) is 16.5. The number of anilines is 1. The maximum atomic E-state index is 13.3. The summed E-state index contributed by atoms with van der Waals surface area (Å²) >= 11 is 0. The maximum Gasteiger partial charge on any atom is 0.258 e. The highest BCUT2D eigenvalue weighted by molar-refractivity contribution is 6.28. The molecule has 13 nitrogen and oxygen atoms in total. The molecule has 0 fully saturated rings. The molecule has 0 saturated carbocycles. The van der Waals surface area contributed by atoms with E-state index in [2.05, 4.69) is 26.6 Å². The number of unbranched alkanes of at least 4 members (excludes halogenated alkanes) is 1. The first kappa shape index (κ1) is 39.6. The second-order valence-corrected chi connectivity index (χ2v) is 15.0. The van der Waals surface area contributed by atoms with Crippen LogP contribution in [0.5, 0.6) is 0 Å². The fraction of sp³-hybridized carbons (Fsp3) is 0.571. The summed E-state index contributed by atoms with van der Waals surface area (Å²) < 4.78 is 0. The molecule has 48 heavy (non-hydrogen) atoms. The molecule has 264 valence electrons. The topological polar surface area (TPSA) is 183 Å². The van der Waals surface area contributed by atoms with Crippen molar-refractivity contribution in [1.29, 1.82) is 0 Å². The summed E-state index contributed by atoms with van der Waals surface area (Å²) in [5, 5.41) is 13.9. The minimum Gasteiger partial charge on any atom is -0.356 e. The van der Waals surface area contributed by atoms with Crippen LogP contribution in [0.1, 0.15) is 104 Å². The van der Waals surface area contributed by atoms with Crippen LogP contribution in [0.2, 0.25) is 0 Å². The Bertz CT molecular complexity index is 1410. The fourth-order valence-electron chi connectivity index (χ4n) is 4.70. The highest BCUT2D eigenvalue weighted by Crippen LogP contribution is 2.24. The van der Waals surface area contributed by atoms with Gasteiger partial charge in [0, 0.05) is 47.2 Å². The van der Waals surface area contributed by atoms with Gasteiger partial charge in [0.05, 0.1) is 12.2 Å². The van der Waals surface area contributed by atoms with E-state index in [0.29, 0.717) is 31.4 Å². The van der Waals surface area contributed by atoms with Gasteiger partial charge >= 0.3 is 0 Å². The van der Waals surface area contributed by atoms with Gasteiger partial charge in [0.1, 0.15) is 6.04 Å². The van der Waals surface area contributed by atoms with Crippen molar-refractivity contribution in [2.24, 2.45) is 5.41 Å². The van der Waals surface area contributed by atoms with E-state index in [9.17, 15) is 33.6 Å². The smallest absolute Gasteiger partial charge is 0.258 e. The number of carbonyl (C=O) groups is 7. The molecule has 0 bridgehead atoms. The normalized spacial score (nSPS) is 14.0. The Kier molecular flexibility index (Phi) is 13.6. The number of benzene rings is 1. The van der Waals surface area contributed by atoms with Crippen molar-refractivity contribution in [3.8, 4) is 0 Å². The van der Waals surface area contributed by atoms with E-state index in [1.54, 1.807) is 0 Å². The third kappa shape index (κ3) is 13.3. The highest BCUT2D eigenvalue weighted by Gasteiger charge is 2.28. The molecule has 1 aliphatic rings. The molecule has 1 unspecified atom stereocenters. The molecule has 1 heterocycles. The lowest BCUT2D eigenvalue weighted by Gasteiger charge is -2.26. The zero-order valence-corrected chi connectivity index (χ0v) is 29.7. The van der Waals surface area contributed by atoms with E-state index < -0.39 is 52.7 Å². The van der Waals surface area contributed by atoms with Crippen LogP contribution >= 0.6 is 0 Å². The minimum absolute atomic E-state index is 0.0338. The molecule has 1 aromatic carbocycles. The first-order valence-corrected chi connectivity index (χ1v) is 16.3. The SMILES string of the molecule is CC(C)(C)NC(=O)CCc1cc(N2C(=O)C=CC2=O)ccc1C(=O)NCC(=O)NC(CCCCNC(=O)C(C)(C)C)C(=O)NC(C)(C)C. The van der Waals surface area contributed by atoms with Gasteiger partial charge in [0.15, 0.2) is 0 Å². The average molecular weight is 669 g/mol. The van der Waals surface area contributed by atoms with Crippen molar-refractivity contribution < 1.29 is 33.6 Å². The number of amides is 7. The Morgan fingerprint density at radius 1 is 0.771 bits per heavy atom. The van der Waals surface area contributed by atoms with Gasteiger partial charge in [-0.1, -0.05) is 20.8 Å². The molecular formula is C35H52N6O7. The van der Waals surface area contributed by atoms with Gasteiger partial charge in [0.25, 0.3) is 17.7 Å². The number of rotatable bonds is 14. The van der Waals surface area contributed by atoms with E-state index in [-0.39, 0.29) is 41.8 Å². The van der Waals surface area contributed by atoms with Crippen molar-refractivity contribution >= 4 is 47.0 Å². The first-order valence-electron chi connectivity index (χ1n) is 16.3. The molecule has 0 saturated heterocycles. The van der Waals surface area contributed by atoms with Gasteiger partial charge < -0.3 is 26.6 Å².